The molecule has 0 spiro atoms. The number of benzene rings is 1. The Morgan fingerprint density at radius 2 is 2.05 bits per heavy atom. The molecule has 1 atom stereocenters. The van der Waals surface area contributed by atoms with Gasteiger partial charge in [-0.1, -0.05) is 30.1 Å². The van der Waals surface area contributed by atoms with Crippen molar-refractivity contribution >= 4 is 23.2 Å². The molecule has 0 aliphatic carbocycles. The topological polar surface area (TPSA) is 24.9 Å². The van der Waals surface area contributed by atoms with Crippen LogP contribution in [0, 0.1) is 5.82 Å². The highest BCUT2D eigenvalue weighted by molar-refractivity contribution is 6.31. The summed E-state index contributed by atoms with van der Waals surface area (Å²) in [6, 6.07) is 7.60. The molecule has 0 aliphatic heterocycles. The van der Waals surface area contributed by atoms with Crippen molar-refractivity contribution in [1.82, 2.24) is 10.3 Å². The zero-order valence-electron chi connectivity index (χ0n) is 10.3. The van der Waals surface area contributed by atoms with E-state index in [1.165, 1.54) is 12.1 Å². The number of pyridine rings is 1. The molecule has 0 bridgehead atoms. The van der Waals surface area contributed by atoms with Crippen molar-refractivity contribution in [2.24, 2.45) is 0 Å². The molecule has 2 nitrogen and oxygen atoms in total. The van der Waals surface area contributed by atoms with Gasteiger partial charge in [-0.3, -0.25) is 4.98 Å². The number of nitrogens with zero attached hydrogens (tertiary/aromatic N) is 1. The highest BCUT2D eigenvalue weighted by Crippen LogP contribution is 2.28. The minimum Gasteiger partial charge on any atom is -0.305 e. The minimum absolute atomic E-state index is 0.259. The zero-order valence-corrected chi connectivity index (χ0v) is 11.8. The number of hydrogen-bond acceptors (Lipinski definition) is 2. The Bertz CT molecular complexity index is 558. The van der Waals surface area contributed by atoms with Gasteiger partial charge in [0.25, 0.3) is 0 Å². The molecule has 2 aromatic rings. The normalized spacial score (nSPS) is 12.4. The van der Waals surface area contributed by atoms with E-state index in [9.17, 15) is 4.39 Å². The van der Waals surface area contributed by atoms with Gasteiger partial charge in [-0.05, 0) is 42.4 Å². The van der Waals surface area contributed by atoms with Gasteiger partial charge >= 0.3 is 0 Å². The van der Waals surface area contributed by atoms with Crippen LogP contribution in [0.4, 0.5) is 4.39 Å². The molecule has 0 saturated carbocycles. The number of rotatable bonds is 4. The van der Waals surface area contributed by atoms with Crippen LogP contribution in [0.2, 0.25) is 10.0 Å². The van der Waals surface area contributed by atoms with E-state index in [1.54, 1.807) is 24.4 Å². The van der Waals surface area contributed by atoms with Crippen LogP contribution in [0.3, 0.4) is 0 Å². The Morgan fingerprint density at radius 1 is 1.26 bits per heavy atom. The Labute approximate surface area is 121 Å². The molecule has 0 fully saturated rings. The summed E-state index contributed by atoms with van der Waals surface area (Å²) < 4.78 is 13.4. The van der Waals surface area contributed by atoms with Gasteiger partial charge in [0.05, 0.1) is 16.8 Å². The molecule has 2 rings (SSSR count). The van der Waals surface area contributed by atoms with E-state index in [0.29, 0.717) is 22.2 Å². The average molecular weight is 299 g/mol. The van der Waals surface area contributed by atoms with E-state index in [2.05, 4.69) is 10.3 Å². The fourth-order valence-corrected chi connectivity index (χ4v) is 2.21. The third-order valence-electron chi connectivity index (χ3n) is 2.72. The first kappa shape index (κ1) is 14.3. The first-order valence-corrected chi connectivity index (χ1v) is 6.67. The van der Waals surface area contributed by atoms with Crippen LogP contribution in [0.25, 0.3) is 0 Å². The minimum atomic E-state index is -0.323. The van der Waals surface area contributed by atoms with Crippen LogP contribution < -0.4 is 5.32 Å². The Morgan fingerprint density at radius 3 is 2.68 bits per heavy atom. The van der Waals surface area contributed by atoms with Gasteiger partial charge in [-0.2, -0.15) is 0 Å². The first-order chi connectivity index (χ1) is 9.11. The Hall–Kier alpha value is -1.16. The van der Waals surface area contributed by atoms with Gasteiger partial charge < -0.3 is 5.32 Å². The van der Waals surface area contributed by atoms with Crippen molar-refractivity contribution in [3.8, 4) is 0 Å². The SMILES string of the molecule is CCNC(c1ccc(Cl)cn1)c1cc(F)ccc1Cl. The lowest BCUT2D eigenvalue weighted by atomic mass is 10.0. The Balaban J connectivity index is 2.44. The molecular formula is C14H13Cl2FN2. The lowest BCUT2D eigenvalue weighted by Gasteiger charge is -2.19. The lowest BCUT2D eigenvalue weighted by molar-refractivity contribution is 0.595. The van der Waals surface area contributed by atoms with Crippen molar-refractivity contribution in [3.63, 3.8) is 0 Å². The van der Waals surface area contributed by atoms with Crippen molar-refractivity contribution < 1.29 is 4.39 Å². The summed E-state index contributed by atoms with van der Waals surface area (Å²) in [5.74, 6) is -0.323. The molecule has 5 heteroatoms. The average Bonchev–Trinajstić information content (AvgIpc) is 2.40. The van der Waals surface area contributed by atoms with Gasteiger partial charge in [0.15, 0.2) is 0 Å². The standard InChI is InChI=1S/C14H13Cl2FN2/c1-2-18-14(13-6-3-9(15)8-19-13)11-7-10(17)4-5-12(11)16/h3-8,14,18H,2H2,1H3. The zero-order chi connectivity index (χ0) is 13.8. The second-order valence-electron chi connectivity index (χ2n) is 4.06. The van der Waals surface area contributed by atoms with Crippen molar-refractivity contribution in [1.29, 1.82) is 0 Å². The van der Waals surface area contributed by atoms with E-state index >= 15 is 0 Å². The predicted octanol–water partition coefficient (Wildman–Crippen LogP) is 4.23. The second kappa shape index (κ2) is 6.33. The summed E-state index contributed by atoms with van der Waals surface area (Å²) in [5, 5.41) is 4.31. The maximum Gasteiger partial charge on any atom is 0.123 e. The van der Waals surface area contributed by atoms with E-state index in [4.69, 9.17) is 23.2 Å². The summed E-state index contributed by atoms with van der Waals surface area (Å²) in [5.41, 5.74) is 1.41. The van der Waals surface area contributed by atoms with Crippen LogP contribution in [0.5, 0.6) is 0 Å². The third-order valence-corrected chi connectivity index (χ3v) is 3.29. The van der Waals surface area contributed by atoms with Crippen molar-refractivity contribution in [2.45, 2.75) is 13.0 Å². The van der Waals surface area contributed by atoms with Crippen LogP contribution in [-0.4, -0.2) is 11.5 Å². The van der Waals surface area contributed by atoms with Crippen LogP contribution in [0.1, 0.15) is 24.2 Å². The number of halogens is 3. The molecule has 0 radical (unpaired) electrons. The molecule has 0 saturated heterocycles. The van der Waals surface area contributed by atoms with Gasteiger partial charge in [0.2, 0.25) is 0 Å². The van der Waals surface area contributed by atoms with Gasteiger partial charge in [-0.15, -0.1) is 0 Å². The monoisotopic (exact) mass is 298 g/mol. The van der Waals surface area contributed by atoms with Crippen molar-refractivity contribution in [3.05, 3.63) is 63.6 Å². The number of nitrogens with one attached hydrogen (secondary N) is 1. The van der Waals surface area contributed by atoms with Gasteiger partial charge in [0, 0.05) is 11.2 Å². The number of aromatic nitrogens is 1. The molecule has 0 amide bonds. The molecule has 1 aromatic heterocycles. The van der Waals surface area contributed by atoms with Gasteiger partial charge in [-0.25, -0.2) is 4.39 Å². The van der Waals surface area contributed by atoms with E-state index in [-0.39, 0.29) is 11.9 Å². The summed E-state index contributed by atoms with van der Waals surface area (Å²) in [7, 11) is 0. The smallest absolute Gasteiger partial charge is 0.123 e. The largest absolute Gasteiger partial charge is 0.305 e. The summed E-state index contributed by atoms with van der Waals surface area (Å²) in [6.07, 6.45) is 1.56. The molecule has 1 unspecified atom stereocenters. The highest BCUT2D eigenvalue weighted by atomic mass is 35.5. The quantitative estimate of drug-likeness (QED) is 0.914. The Kier molecular flexibility index (Phi) is 4.75. The van der Waals surface area contributed by atoms with Crippen LogP contribution in [0.15, 0.2) is 36.5 Å². The molecule has 1 heterocycles. The molecule has 1 aromatic carbocycles. The van der Waals surface area contributed by atoms with E-state index in [1.807, 2.05) is 6.92 Å². The highest BCUT2D eigenvalue weighted by Gasteiger charge is 2.18. The summed E-state index contributed by atoms with van der Waals surface area (Å²) >= 11 is 12.0. The fraction of sp³-hybridized carbons (Fsp3) is 0.214. The third kappa shape index (κ3) is 3.44. The molecule has 1 N–H and O–H groups in total. The predicted molar refractivity (Wildman–Crippen MR) is 76.2 cm³/mol. The maximum atomic E-state index is 13.4. The number of hydrogen-bond donors (Lipinski definition) is 1. The molecular weight excluding hydrogens is 286 g/mol. The van der Waals surface area contributed by atoms with Crippen LogP contribution >= 0.6 is 23.2 Å². The van der Waals surface area contributed by atoms with Gasteiger partial charge in [0.1, 0.15) is 5.82 Å². The van der Waals surface area contributed by atoms with Crippen LogP contribution in [-0.2, 0) is 0 Å². The van der Waals surface area contributed by atoms with E-state index < -0.39 is 0 Å². The molecule has 0 aliphatic rings. The maximum absolute atomic E-state index is 13.4. The summed E-state index contributed by atoms with van der Waals surface area (Å²) in [6.45, 7) is 2.68. The fourth-order valence-electron chi connectivity index (χ4n) is 1.87. The lowest BCUT2D eigenvalue weighted by Crippen LogP contribution is -2.23. The molecule has 19 heavy (non-hydrogen) atoms. The molecule has 100 valence electrons. The summed E-state index contributed by atoms with van der Waals surface area (Å²) in [4.78, 5) is 4.27. The van der Waals surface area contributed by atoms with Crippen molar-refractivity contribution in [2.75, 3.05) is 6.54 Å². The second-order valence-corrected chi connectivity index (χ2v) is 4.90. The van der Waals surface area contributed by atoms with E-state index in [0.717, 1.165) is 5.69 Å². The first-order valence-electron chi connectivity index (χ1n) is 5.91.